The van der Waals surface area contributed by atoms with Gasteiger partial charge < -0.3 is 5.11 Å². The largest absolute Gasteiger partial charge is 0.413 e. The number of hydroxylamine groups is 1. The molecule has 0 aliphatic rings. The van der Waals surface area contributed by atoms with Crippen LogP contribution in [0.2, 0.25) is 0 Å². The van der Waals surface area contributed by atoms with Gasteiger partial charge in [0.1, 0.15) is 0 Å². The lowest BCUT2D eigenvalue weighted by molar-refractivity contribution is -0.192. The van der Waals surface area contributed by atoms with E-state index >= 15 is 0 Å². The van der Waals surface area contributed by atoms with Crippen LogP contribution in [-0.2, 0) is 4.84 Å². The van der Waals surface area contributed by atoms with Crippen molar-refractivity contribution in [3.8, 4) is 0 Å². The fraction of sp³-hybridized carbons (Fsp3) is 1.00. The molecule has 2 N–H and O–H groups in total. The van der Waals surface area contributed by atoms with E-state index in [0.717, 1.165) is 0 Å². The molecule has 6 heteroatoms. The normalized spacial score (nSPS) is 13.2. The Balaban J connectivity index is 3.82. The minimum Gasteiger partial charge on any atom is -0.396 e. The lowest BCUT2D eigenvalue weighted by Crippen LogP contribution is -2.38. The molecule has 15 heavy (non-hydrogen) atoms. The van der Waals surface area contributed by atoms with E-state index in [-0.39, 0.29) is 13.2 Å². The van der Waals surface area contributed by atoms with Gasteiger partial charge in [0, 0.05) is 18.6 Å². The molecule has 0 radical (unpaired) electrons. The van der Waals surface area contributed by atoms with Gasteiger partial charge in [-0.3, -0.25) is 4.84 Å². The zero-order valence-electron chi connectivity index (χ0n) is 9.02. The molecule has 0 heterocycles. The lowest BCUT2D eigenvalue weighted by Gasteiger charge is -2.29. The van der Waals surface area contributed by atoms with Gasteiger partial charge in [-0.05, 0) is 12.8 Å². The van der Waals surface area contributed by atoms with Crippen LogP contribution < -0.4 is 5.48 Å². The molecular weight excluding hydrogens is 211 g/mol. The third-order valence-corrected chi connectivity index (χ3v) is 2.62. The monoisotopic (exact) mass is 229 g/mol. The van der Waals surface area contributed by atoms with Crippen molar-refractivity contribution in [3.63, 3.8) is 0 Å². The van der Waals surface area contributed by atoms with Crippen molar-refractivity contribution >= 4 is 0 Å². The van der Waals surface area contributed by atoms with Gasteiger partial charge in [-0.25, -0.2) is 5.48 Å². The van der Waals surface area contributed by atoms with Gasteiger partial charge in [0.2, 0.25) is 0 Å². The van der Waals surface area contributed by atoms with E-state index in [4.69, 9.17) is 5.11 Å². The zero-order chi connectivity index (χ0) is 11.9. The summed E-state index contributed by atoms with van der Waals surface area (Å²) in [6.45, 7) is 2.59. The van der Waals surface area contributed by atoms with Crippen molar-refractivity contribution in [2.45, 2.75) is 32.9 Å². The number of aliphatic hydroxyl groups is 1. The predicted octanol–water partition coefficient (Wildman–Crippen LogP) is 1.87. The fourth-order valence-electron chi connectivity index (χ4n) is 1.12. The van der Waals surface area contributed by atoms with E-state index < -0.39 is 18.2 Å². The zero-order valence-corrected chi connectivity index (χ0v) is 9.02. The van der Waals surface area contributed by atoms with Crippen molar-refractivity contribution < 1.29 is 23.1 Å². The molecule has 0 bridgehead atoms. The summed E-state index contributed by atoms with van der Waals surface area (Å²) in [5, 5.41) is 9.12. The van der Waals surface area contributed by atoms with Crippen LogP contribution in [0.15, 0.2) is 0 Å². The van der Waals surface area contributed by atoms with Gasteiger partial charge in [-0.2, -0.15) is 13.2 Å². The summed E-state index contributed by atoms with van der Waals surface area (Å²) in [4.78, 5) is 4.27. The van der Waals surface area contributed by atoms with Gasteiger partial charge >= 0.3 is 6.18 Å². The van der Waals surface area contributed by atoms with Gasteiger partial charge in [-0.1, -0.05) is 13.8 Å². The van der Waals surface area contributed by atoms with Crippen LogP contribution in [-0.4, -0.2) is 31.0 Å². The quantitative estimate of drug-likeness (QED) is 0.517. The third-order valence-electron chi connectivity index (χ3n) is 2.62. The van der Waals surface area contributed by atoms with E-state index in [2.05, 4.69) is 10.3 Å². The second-order valence-electron chi connectivity index (χ2n) is 3.59. The summed E-state index contributed by atoms with van der Waals surface area (Å²) in [6, 6.07) is 0. The Hall–Kier alpha value is -0.330. The van der Waals surface area contributed by atoms with Gasteiger partial charge in [0.05, 0.1) is 0 Å². The van der Waals surface area contributed by atoms with E-state index in [1.807, 2.05) is 13.8 Å². The van der Waals surface area contributed by atoms with Gasteiger partial charge in [0.15, 0.2) is 6.61 Å². The number of hydrogen-bond donors (Lipinski definition) is 2. The second kappa shape index (κ2) is 6.30. The molecule has 92 valence electrons. The molecule has 0 aliphatic carbocycles. The first-order valence-corrected chi connectivity index (χ1v) is 4.91. The summed E-state index contributed by atoms with van der Waals surface area (Å²) in [6.07, 6.45) is -2.96. The summed E-state index contributed by atoms with van der Waals surface area (Å²) < 4.78 is 35.1. The molecule has 0 saturated heterocycles. The standard InChI is InChI=1S/C9H18F3NO2/c1-3-8(4-2,6-14)5-13-15-7-9(10,11)12/h13-14H,3-7H2,1-2H3. The Morgan fingerprint density at radius 3 is 2.07 bits per heavy atom. The number of aliphatic hydroxyl groups excluding tert-OH is 1. The lowest BCUT2D eigenvalue weighted by atomic mass is 9.83. The van der Waals surface area contributed by atoms with Crippen LogP contribution in [0.1, 0.15) is 26.7 Å². The highest BCUT2D eigenvalue weighted by Crippen LogP contribution is 2.24. The molecule has 0 saturated carbocycles. The molecular formula is C9H18F3NO2. The molecule has 0 aromatic rings. The van der Waals surface area contributed by atoms with Crippen LogP contribution in [0.5, 0.6) is 0 Å². The Morgan fingerprint density at radius 1 is 1.20 bits per heavy atom. The molecule has 0 atom stereocenters. The minimum atomic E-state index is -4.33. The van der Waals surface area contributed by atoms with Crippen LogP contribution in [0.25, 0.3) is 0 Å². The van der Waals surface area contributed by atoms with E-state index in [9.17, 15) is 13.2 Å². The average molecular weight is 229 g/mol. The number of halogens is 3. The van der Waals surface area contributed by atoms with Crippen molar-refractivity contribution in [1.82, 2.24) is 5.48 Å². The van der Waals surface area contributed by atoms with Crippen molar-refractivity contribution in [2.24, 2.45) is 5.41 Å². The molecule has 0 aliphatic heterocycles. The van der Waals surface area contributed by atoms with Crippen LogP contribution in [0, 0.1) is 5.41 Å². The average Bonchev–Trinajstić information content (AvgIpc) is 2.18. The minimum absolute atomic E-state index is 0.0671. The molecule has 0 fully saturated rings. The van der Waals surface area contributed by atoms with Crippen molar-refractivity contribution in [3.05, 3.63) is 0 Å². The number of nitrogens with one attached hydrogen (secondary N) is 1. The molecule has 3 nitrogen and oxygen atoms in total. The van der Waals surface area contributed by atoms with E-state index in [0.29, 0.717) is 12.8 Å². The maximum absolute atomic E-state index is 11.7. The number of rotatable bonds is 7. The predicted molar refractivity (Wildman–Crippen MR) is 50.1 cm³/mol. The van der Waals surface area contributed by atoms with Gasteiger partial charge in [-0.15, -0.1) is 0 Å². The molecule has 0 aromatic heterocycles. The highest BCUT2D eigenvalue weighted by molar-refractivity contribution is 4.76. The second-order valence-corrected chi connectivity index (χ2v) is 3.59. The van der Waals surface area contributed by atoms with E-state index in [1.165, 1.54) is 0 Å². The Morgan fingerprint density at radius 2 is 1.73 bits per heavy atom. The summed E-state index contributed by atoms with van der Waals surface area (Å²) in [5.74, 6) is 0. The number of hydrogen-bond acceptors (Lipinski definition) is 3. The van der Waals surface area contributed by atoms with Crippen LogP contribution >= 0.6 is 0 Å². The van der Waals surface area contributed by atoms with Crippen LogP contribution in [0.4, 0.5) is 13.2 Å². The summed E-state index contributed by atoms with van der Waals surface area (Å²) in [7, 11) is 0. The summed E-state index contributed by atoms with van der Waals surface area (Å²) in [5.41, 5.74) is 1.86. The van der Waals surface area contributed by atoms with Crippen molar-refractivity contribution in [2.75, 3.05) is 19.8 Å². The van der Waals surface area contributed by atoms with Crippen LogP contribution in [0.3, 0.4) is 0 Å². The maximum atomic E-state index is 11.7. The molecule has 0 amide bonds. The topological polar surface area (TPSA) is 41.5 Å². The van der Waals surface area contributed by atoms with Gasteiger partial charge in [0.25, 0.3) is 0 Å². The molecule has 0 rings (SSSR count). The first-order valence-electron chi connectivity index (χ1n) is 4.91. The third kappa shape index (κ3) is 5.96. The SMILES string of the molecule is CCC(CC)(CO)CNOCC(F)(F)F. The molecule has 0 aromatic carbocycles. The first-order chi connectivity index (χ1) is 6.89. The molecule has 0 unspecified atom stereocenters. The fourth-order valence-corrected chi connectivity index (χ4v) is 1.12. The first kappa shape index (κ1) is 14.7. The Bertz CT molecular complexity index is 161. The smallest absolute Gasteiger partial charge is 0.396 e. The van der Waals surface area contributed by atoms with Crippen molar-refractivity contribution in [1.29, 1.82) is 0 Å². The Kier molecular flexibility index (Phi) is 6.16. The Labute approximate surface area is 87.6 Å². The highest BCUT2D eigenvalue weighted by Gasteiger charge is 2.29. The molecule has 0 spiro atoms. The number of alkyl halides is 3. The highest BCUT2D eigenvalue weighted by atomic mass is 19.4. The van der Waals surface area contributed by atoms with E-state index in [1.54, 1.807) is 0 Å². The summed E-state index contributed by atoms with van der Waals surface area (Å²) >= 11 is 0. The maximum Gasteiger partial charge on any atom is 0.413 e.